The van der Waals surface area contributed by atoms with Gasteiger partial charge in [-0.1, -0.05) is 12.1 Å². The molecule has 3 aromatic rings. The van der Waals surface area contributed by atoms with Crippen molar-refractivity contribution in [2.24, 2.45) is 0 Å². The number of methoxy groups -OCH3 is 2. The Kier molecular flexibility index (Phi) is 5.59. The average molecular weight is 463 g/mol. The maximum absolute atomic E-state index is 13.6. The van der Waals surface area contributed by atoms with Crippen LogP contribution in [0.2, 0.25) is 0 Å². The van der Waals surface area contributed by atoms with E-state index in [-0.39, 0.29) is 28.6 Å². The van der Waals surface area contributed by atoms with Crippen molar-refractivity contribution in [1.29, 1.82) is 0 Å². The number of fused-ring (bicyclic) bond motifs is 1. The molecule has 1 N–H and O–H groups in total. The molecule has 11 heteroatoms. The summed E-state index contributed by atoms with van der Waals surface area (Å²) in [6, 6.07) is 8.82. The molecule has 0 atom stereocenters. The highest BCUT2D eigenvalue weighted by Crippen LogP contribution is 2.36. The van der Waals surface area contributed by atoms with Crippen LogP contribution in [0.15, 0.2) is 41.3 Å². The van der Waals surface area contributed by atoms with E-state index < -0.39 is 22.9 Å². The number of hydrogen-bond donors (Lipinski definition) is 1. The van der Waals surface area contributed by atoms with Crippen LogP contribution in [0, 0.1) is 0 Å². The minimum Gasteiger partial charge on any atom is -0.497 e. The van der Waals surface area contributed by atoms with Crippen LogP contribution in [0.1, 0.15) is 16.7 Å². The minimum atomic E-state index is -4.56. The van der Waals surface area contributed by atoms with Gasteiger partial charge in [-0.2, -0.15) is 13.2 Å². The lowest BCUT2D eigenvalue weighted by atomic mass is 10.1. The second kappa shape index (κ2) is 8.23. The van der Waals surface area contributed by atoms with Gasteiger partial charge in [0.2, 0.25) is 5.88 Å². The zero-order chi connectivity index (χ0) is 23.0. The first kappa shape index (κ1) is 21.8. The molecule has 1 aliphatic rings. The molecule has 1 aliphatic heterocycles. The number of ether oxygens (including phenoxy) is 2. The second-order valence-corrected chi connectivity index (χ2v) is 7.83. The van der Waals surface area contributed by atoms with Crippen LogP contribution < -0.4 is 14.8 Å². The molecule has 2 heterocycles. The third-order valence-corrected chi connectivity index (χ3v) is 5.63. The van der Waals surface area contributed by atoms with E-state index in [0.29, 0.717) is 16.5 Å². The molecule has 1 aromatic heterocycles. The summed E-state index contributed by atoms with van der Waals surface area (Å²) in [5.74, 6) is -0.155. The Labute approximate surface area is 184 Å². The molecule has 1 fully saturated rings. The molecule has 166 valence electrons. The summed E-state index contributed by atoms with van der Waals surface area (Å²) in [5.41, 5.74) is 0.375. The number of imide groups is 1. The van der Waals surface area contributed by atoms with E-state index in [1.54, 1.807) is 24.3 Å². The van der Waals surface area contributed by atoms with E-state index in [1.807, 2.05) is 0 Å². The number of thioether (sulfide) groups is 1. The third-order valence-electron chi connectivity index (χ3n) is 4.82. The van der Waals surface area contributed by atoms with Crippen molar-refractivity contribution in [3.8, 4) is 11.6 Å². The SMILES string of the molecule is COc1ccc(Cn2nc(OC)c3cc(/C=C4\SC(=O)NC4=O)ccc32)c(C(F)(F)F)c1. The van der Waals surface area contributed by atoms with Crippen molar-refractivity contribution in [3.05, 3.63) is 58.0 Å². The monoisotopic (exact) mass is 463 g/mol. The number of nitrogens with zero attached hydrogens (tertiary/aromatic N) is 2. The van der Waals surface area contributed by atoms with Crippen LogP contribution in [-0.2, 0) is 17.5 Å². The number of alkyl halides is 3. The number of benzene rings is 2. The summed E-state index contributed by atoms with van der Waals surface area (Å²) in [4.78, 5) is 23.4. The number of nitrogens with one attached hydrogen (secondary N) is 1. The van der Waals surface area contributed by atoms with Crippen molar-refractivity contribution < 1.29 is 32.2 Å². The van der Waals surface area contributed by atoms with Crippen molar-refractivity contribution in [1.82, 2.24) is 15.1 Å². The lowest BCUT2D eigenvalue weighted by Gasteiger charge is -2.14. The van der Waals surface area contributed by atoms with Gasteiger partial charge in [0.05, 0.1) is 42.1 Å². The van der Waals surface area contributed by atoms with Crippen LogP contribution in [0.4, 0.5) is 18.0 Å². The van der Waals surface area contributed by atoms with Gasteiger partial charge in [-0.15, -0.1) is 5.10 Å². The van der Waals surface area contributed by atoms with Gasteiger partial charge in [-0.3, -0.25) is 19.6 Å². The van der Waals surface area contributed by atoms with Gasteiger partial charge in [0.15, 0.2) is 0 Å². The number of amides is 2. The molecule has 0 bridgehead atoms. The molecule has 32 heavy (non-hydrogen) atoms. The summed E-state index contributed by atoms with van der Waals surface area (Å²) < 4.78 is 52.4. The standard InChI is InChI=1S/C21H16F3N3O4S/c1-30-13-5-4-12(15(9-13)21(22,23)24)10-27-16-6-3-11(7-14(16)19(26-27)31-2)8-17-18(28)25-20(29)32-17/h3-9H,10H2,1-2H3,(H,25,28,29)/b17-8-. The lowest BCUT2D eigenvalue weighted by Crippen LogP contribution is -2.17. The predicted molar refractivity (Wildman–Crippen MR) is 112 cm³/mol. The van der Waals surface area contributed by atoms with Gasteiger partial charge < -0.3 is 9.47 Å². The normalized spacial score (nSPS) is 15.5. The van der Waals surface area contributed by atoms with Crippen LogP contribution in [0.5, 0.6) is 11.6 Å². The molecule has 4 rings (SSSR count). The summed E-state index contributed by atoms with van der Waals surface area (Å²) in [5, 5.41) is 6.59. The summed E-state index contributed by atoms with van der Waals surface area (Å²) in [6.07, 6.45) is -3.01. The largest absolute Gasteiger partial charge is 0.497 e. The first-order valence-corrected chi connectivity index (χ1v) is 10.0. The highest BCUT2D eigenvalue weighted by Gasteiger charge is 2.34. The lowest BCUT2D eigenvalue weighted by molar-refractivity contribution is -0.138. The predicted octanol–water partition coefficient (Wildman–Crippen LogP) is 4.44. The summed E-state index contributed by atoms with van der Waals surface area (Å²) in [7, 11) is 2.71. The zero-order valence-corrected chi connectivity index (χ0v) is 17.6. The smallest absolute Gasteiger partial charge is 0.416 e. The van der Waals surface area contributed by atoms with Gasteiger partial charge >= 0.3 is 6.18 Å². The average Bonchev–Trinajstić information content (AvgIpc) is 3.25. The molecular formula is C21H16F3N3O4S. The maximum atomic E-state index is 13.6. The molecular weight excluding hydrogens is 447 g/mol. The molecule has 0 unspecified atom stereocenters. The van der Waals surface area contributed by atoms with E-state index in [4.69, 9.17) is 9.47 Å². The molecule has 2 aromatic carbocycles. The first-order valence-electron chi connectivity index (χ1n) is 9.23. The van der Waals surface area contributed by atoms with E-state index >= 15 is 0 Å². The van der Waals surface area contributed by atoms with Gasteiger partial charge in [0, 0.05) is 0 Å². The van der Waals surface area contributed by atoms with Crippen molar-refractivity contribution >= 4 is 39.9 Å². The Morgan fingerprint density at radius 2 is 1.91 bits per heavy atom. The number of carbonyl (C=O) groups is 2. The van der Waals surface area contributed by atoms with Gasteiger partial charge in [0.25, 0.3) is 11.1 Å². The Balaban J connectivity index is 1.75. The van der Waals surface area contributed by atoms with Crippen molar-refractivity contribution in [2.45, 2.75) is 12.7 Å². The molecule has 7 nitrogen and oxygen atoms in total. The fourth-order valence-electron chi connectivity index (χ4n) is 3.35. The first-order chi connectivity index (χ1) is 15.2. The summed E-state index contributed by atoms with van der Waals surface area (Å²) >= 11 is 0.790. The summed E-state index contributed by atoms with van der Waals surface area (Å²) in [6.45, 7) is -0.147. The Hall–Kier alpha value is -3.47. The van der Waals surface area contributed by atoms with E-state index in [1.165, 1.54) is 31.0 Å². The highest BCUT2D eigenvalue weighted by molar-refractivity contribution is 8.18. The van der Waals surface area contributed by atoms with Gasteiger partial charge in [-0.05, 0) is 53.2 Å². The Morgan fingerprint density at radius 1 is 1.12 bits per heavy atom. The van der Waals surface area contributed by atoms with Crippen LogP contribution in [-0.4, -0.2) is 35.1 Å². The molecule has 0 aliphatic carbocycles. The van der Waals surface area contributed by atoms with E-state index in [9.17, 15) is 22.8 Å². The molecule has 0 radical (unpaired) electrons. The van der Waals surface area contributed by atoms with Crippen molar-refractivity contribution in [3.63, 3.8) is 0 Å². The number of halogens is 3. The van der Waals surface area contributed by atoms with Crippen LogP contribution >= 0.6 is 11.8 Å². The second-order valence-electron chi connectivity index (χ2n) is 6.82. The van der Waals surface area contributed by atoms with E-state index in [2.05, 4.69) is 10.4 Å². The number of aromatic nitrogens is 2. The fraction of sp³-hybridized carbons (Fsp3) is 0.190. The number of rotatable bonds is 5. The molecule has 0 saturated carbocycles. The topological polar surface area (TPSA) is 82.4 Å². The highest BCUT2D eigenvalue weighted by atomic mass is 32.2. The van der Waals surface area contributed by atoms with Crippen LogP contribution in [0.25, 0.3) is 17.0 Å². The number of carbonyl (C=O) groups excluding carboxylic acids is 2. The molecule has 2 amide bonds. The quantitative estimate of drug-likeness (QED) is 0.564. The minimum absolute atomic E-state index is 0.0223. The maximum Gasteiger partial charge on any atom is 0.416 e. The van der Waals surface area contributed by atoms with Gasteiger partial charge in [-0.25, -0.2) is 0 Å². The van der Waals surface area contributed by atoms with Crippen LogP contribution in [0.3, 0.4) is 0 Å². The molecule has 1 saturated heterocycles. The zero-order valence-electron chi connectivity index (χ0n) is 16.8. The number of hydrogen-bond acceptors (Lipinski definition) is 6. The van der Waals surface area contributed by atoms with Crippen molar-refractivity contribution in [2.75, 3.05) is 14.2 Å². The van der Waals surface area contributed by atoms with E-state index in [0.717, 1.165) is 17.8 Å². The fourth-order valence-corrected chi connectivity index (χ4v) is 4.03. The van der Waals surface area contributed by atoms with Gasteiger partial charge in [0.1, 0.15) is 5.75 Å². The third kappa shape index (κ3) is 4.15. The Morgan fingerprint density at radius 3 is 2.53 bits per heavy atom. The Bertz CT molecular complexity index is 1270. The molecule has 0 spiro atoms.